The number of rotatable bonds is 9. The quantitative estimate of drug-likeness (QED) is 0.263. The molecule has 4 rings (SSSR count). The van der Waals surface area contributed by atoms with Crippen LogP contribution in [-0.2, 0) is 12.0 Å². The number of hydrogen-bond donors (Lipinski definition) is 1. The second-order valence-corrected chi connectivity index (χ2v) is 10.0. The fourth-order valence-corrected chi connectivity index (χ4v) is 4.36. The van der Waals surface area contributed by atoms with Gasteiger partial charge in [-0.2, -0.15) is 0 Å². The first-order chi connectivity index (χ1) is 17.9. The van der Waals surface area contributed by atoms with E-state index in [-0.39, 0.29) is 17.4 Å². The molecule has 0 unspecified atom stereocenters. The van der Waals surface area contributed by atoms with E-state index in [2.05, 4.69) is 32.2 Å². The summed E-state index contributed by atoms with van der Waals surface area (Å²) in [6.07, 6.45) is 0. The Bertz CT molecular complexity index is 1270. The Labute approximate surface area is 220 Å². The lowest BCUT2D eigenvalue weighted by Gasteiger charge is -2.23. The Kier molecular flexibility index (Phi) is 8.29. The van der Waals surface area contributed by atoms with Crippen LogP contribution >= 0.6 is 0 Å². The Morgan fingerprint density at radius 2 is 1.35 bits per heavy atom. The van der Waals surface area contributed by atoms with Gasteiger partial charge in [-0.1, -0.05) is 99.6 Å². The summed E-state index contributed by atoms with van der Waals surface area (Å²) >= 11 is 0. The second-order valence-electron chi connectivity index (χ2n) is 10.0. The van der Waals surface area contributed by atoms with E-state index in [0.717, 1.165) is 33.8 Å². The number of amides is 1. The molecule has 190 valence electrons. The maximum absolute atomic E-state index is 13.5. The summed E-state index contributed by atoms with van der Waals surface area (Å²) < 4.78 is 12.1. The average molecular weight is 494 g/mol. The average Bonchev–Trinajstić information content (AvgIpc) is 2.92. The molecule has 0 spiro atoms. The summed E-state index contributed by atoms with van der Waals surface area (Å²) in [7, 11) is 0. The predicted molar refractivity (Wildman–Crippen MR) is 149 cm³/mol. The van der Waals surface area contributed by atoms with Gasteiger partial charge in [-0.15, -0.1) is 0 Å². The van der Waals surface area contributed by atoms with Crippen LogP contribution < -0.4 is 14.8 Å². The molecule has 4 aromatic carbocycles. The molecule has 4 heteroatoms. The molecule has 0 heterocycles. The van der Waals surface area contributed by atoms with Crippen molar-refractivity contribution in [2.24, 2.45) is 0 Å². The van der Waals surface area contributed by atoms with Gasteiger partial charge in [-0.3, -0.25) is 4.79 Å². The van der Waals surface area contributed by atoms with Gasteiger partial charge in [-0.05, 0) is 53.3 Å². The van der Waals surface area contributed by atoms with Gasteiger partial charge in [0.2, 0.25) is 0 Å². The highest BCUT2D eigenvalue weighted by molar-refractivity contribution is 5.95. The van der Waals surface area contributed by atoms with E-state index in [1.807, 2.05) is 97.9 Å². The first-order valence-corrected chi connectivity index (χ1v) is 12.8. The van der Waals surface area contributed by atoms with Crippen molar-refractivity contribution < 1.29 is 14.3 Å². The highest BCUT2D eigenvalue weighted by Crippen LogP contribution is 2.32. The minimum atomic E-state index is -0.264. The van der Waals surface area contributed by atoms with Crippen molar-refractivity contribution in [2.75, 3.05) is 6.61 Å². The summed E-state index contributed by atoms with van der Waals surface area (Å²) in [5.74, 6) is 1.40. The minimum absolute atomic E-state index is 0.0506. The van der Waals surface area contributed by atoms with E-state index in [9.17, 15) is 4.79 Å². The summed E-state index contributed by atoms with van der Waals surface area (Å²) in [6, 6.07) is 33.4. The molecule has 0 saturated carbocycles. The molecule has 1 N–H and O–H groups in total. The molecule has 1 amide bonds. The number of ether oxygens (including phenoxy) is 2. The summed E-state index contributed by atoms with van der Waals surface area (Å²) in [6.45, 7) is 9.28. The van der Waals surface area contributed by atoms with E-state index in [1.54, 1.807) is 6.07 Å². The highest BCUT2D eigenvalue weighted by Gasteiger charge is 2.21. The number of hydrogen-bond acceptors (Lipinski definition) is 3. The molecule has 0 aliphatic heterocycles. The van der Waals surface area contributed by atoms with Crippen LogP contribution in [0.5, 0.6) is 11.5 Å². The smallest absolute Gasteiger partial charge is 0.252 e. The lowest BCUT2D eigenvalue weighted by Crippen LogP contribution is -2.29. The monoisotopic (exact) mass is 493 g/mol. The molecule has 0 bridgehead atoms. The number of nitrogens with one attached hydrogen (secondary N) is 1. The third-order valence-electron chi connectivity index (χ3n) is 6.24. The van der Waals surface area contributed by atoms with E-state index in [4.69, 9.17) is 9.47 Å². The Balaban J connectivity index is 1.60. The maximum atomic E-state index is 13.5. The molecule has 0 saturated heterocycles. The zero-order valence-corrected chi connectivity index (χ0v) is 22.0. The van der Waals surface area contributed by atoms with Crippen LogP contribution in [0, 0.1) is 0 Å². The lowest BCUT2D eigenvalue weighted by atomic mass is 9.86. The summed E-state index contributed by atoms with van der Waals surface area (Å²) in [5, 5.41) is 3.23. The first kappa shape index (κ1) is 26.0. The van der Waals surface area contributed by atoms with Crippen LogP contribution in [0.25, 0.3) is 0 Å². The van der Waals surface area contributed by atoms with Crippen LogP contribution in [0.1, 0.15) is 66.3 Å². The first-order valence-electron chi connectivity index (χ1n) is 12.8. The Morgan fingerprint density at radius 3 is 1.95 bits per heavy atom. The SMILES string of the molecule is CCOc1ccc(C(=O)NC(c2ccccc2)c2ccccc2)cc1COc1ccccc1C(C)(C)C. The highest BCUT2D eigenvalue weighted by atomic mass is 16.5. The van der Waals surface area contributed by atoms with Crippen molar-refractivity contribution in [3.63, 3.8) is 0 Å². The third kappa shape index (κ3) is 6.59. The van der Waals surface area contributed by atoms with E-state index in [0.29, 0.717) is 18.8 Å². The standard InChI is InChI=1S/C33H35NO3/c1-5-36-29-21-20-26(22-27(29)23-37-30-19-13-12-18-28(30)33(2,3)4)32(35)34-31(24-14-8-6-9-15-24)25-16-10-7-11-17-25/h6-22,31H,5,23H2,1-4H3,(H,34,35). The molecule has 0 radical (unpaired) electrons. The van der Waals surface area contributed by atoms with Crippen LogP contribution in [0.4, 0.5) is 0 Å². The fraction of sp³-hybridized carbons (Fsp3) is 0.242. The van der Waals surface area contributed by atoms with Crippen LogP contribution in [-0.4, -0.2) is 12.5 Å². The number of carbonyl (C=O) groups is 1. The van der Waals surface area contributed by atoms with Crippen molar-refractivity contribution in [3.8, 4) is 11.5 Å². The molecule has 0 aromatic heterocycles. The van der Waals surface area contributed by atoms with Gasteiger partial charge in [-0.25, -0.2) is 0 Å². The lowest BCUT2D eigenvalue weighted by molar-refractivity contribution is 0.0942. The van der Waals surface area contributed by atoms with Crippen LogP contribution in [0.2, 0.25) is 0 Å². The van der Waals surface area contributed by atoms with Gasteiger partial charge in [0, 0.05) is 11.1 Å². The largest absolute Gasteiger partial charge is 0.493 e. The molecule has 4 aromatic rings. The number of para-hydroxylation sites is 1. The molecular weight excluding hydrogens is 458 g/mol. The Hall–Kier alpha value is -4.05. The van der Waals surface area contributed by atoms with Gasteiger partial charge in [0.15, 0.2) is 0 Å². The van der Waals surface area contributed by atoms with Gasteiger partial charge < -0.3 is 14.8 Å². The normalized spacial score (nSPS) is 11.3. The third-order valence-corrected chi connectivity index (χ3v) is 6.24. The molecule has 0 aliphatic carbocycles. The van der Waals surface area contributed by atoms with Crippen molar-refractivity contribution in [1.82, 2.24) is 5.32 Å². The van der Waals surface area contributed by atoms with Gasteiger partial charge in [0.05, 0.1) is 12.6 Å². The fourth-order valence-electron chi connectivity index (χ4n) is 4.36. The van der Waals surface area contributed by atoms with Gasteiger partial charge >= 0.3 is 0 Å². The number of benzene rings is 4. The maximum Gasteiger partial charge on any atom is 0.252 e. The van der Waals surface area contributed by atoms with Gasteiger partial charge in [0.1, 0.15) is 18.1 Å². The molecule has 4 nitrogen and oxygen atoms in total. The minimum Gasteiger partial charge on any atom is -0.493 e. The second kappa shape index (κ2) is 11.8. The number of carbonyl (C=O) groups excluding carboxylic acids is 1. The van der Waals surface area contributed by atoms with Crippen molar-refractivity contribution in [3.05, 3.63) is 131 Å². The zero-order chi connectivity index (χ0) is 26.3. The van der Waals surface area contributed by atoms with E-state index >= 15 is 0 Å². The molecular formula is C33H35NO3. The summed E-state index contributed by atoms with van der Waals surface area (Å²) in [4.78, 5) is 13.5. The van der Waals surface area contributed by atoms with E-state index < -0.39 is 0 Å². The van der Waals surface area contributed by atoms with Crippen molar-refractivity contribution >= 4 is 5.91 Å². The van der Waals surface area contributed by atoms with Crippen LogP contribution in [0.15, 0.2) is 103 Å². The molecule has 0 atom stereocenters. The van der Waals surface area contributed by atoms with Gasteiger partial charge in [0.25, 0.3) is 5.91 Å². The van der Waals surface area contributed by atoms with Crippen LogP contribution in [0.3, 0.4) is 0 Å². The Morgan fingerprint density at radius 1 is 0.757 bits per heavy atom. The van der Waals surface area contributed by atoms with E-state index in [1.165, 1.54) is 0 Å². The predicted octanol–water partition coefficient (Wildman–Crippen LogP) is 7.48. The van der Waals surface area contributed by atoms with Crippen molar-refractivity contribution in [2.45, 2.75) is 45.8 Å². The summed E-state index contributed by atoms with van der Waals surface area (Å²) in [5.41, 5.74) is 4.52. The molecule has 37 heavy (non-hydrogen) atoms. The zero-order valence-electron chi connectivity index (χ0n) is 22.0. The van der Waals surface area contributed by atoms with Crippen molar-refractivity contribution in [1.29, 1.82) is 0 Å². The topological polar surface area (TPSA) is 47.6 Å². The molecule has 0 fully saturated rings. The molecule has 0 aliphatic rings.